The predicted octanol–water partition coefficient (Wildman–Crippen LogP) is 1.26. The van der Waals surface area contributed by atoms with E-state index in [1.54, 1.807) is 13.8 Å². The van der Waals surface area contributed by atoms with Crippen molar-refractivity contribution in [3.8, 4) is 0 Å². The highest BCUT2D eigenvalue weighted by atomic mass is 19.1. The molecule has 1 rings (SSSR count). The maximum absolute atomic E-state index is 13.6. The van der Waals surface area contributed by atoms with Gasteiger partial charge in [0.25, 0.3) is 5.91 Å². The number of hydrogen-bond acceptors (Lipinski definition) is 3. The van der Waals surface area contributed by atoms with Gasteiger partial charge in [-0.3, -0.25) is 14.4 Å². The fourth-order valence-electron chi connectivity index (χ4n) is 1.96. The molecule has 0 aliphatic heterocycles. The smallest absolute Gasteiger partial charge is 0.323 e. The average molecular weight is 328 g/mol. The minimum atomic E-state index is -1.21. The molecule has 1 unspecified atom stereocenters. The molecule has 0 aliphatic carbocycles. The number of nitrogens with one attached hydrogen (secondary N) is 1. The molecular weight excluding hydrogens is 310 g/mol. The molecule has 6 nitrogen and oxygen atoms in total. The molecule has 23 heavy (non-hydrogen) atoms. The maximum atomic E-state index is 13.6. The Kier molecular flexibility index (Phi) is 6.18. The van der Waals surface area contributed by atoms with E-state index in [4.69, 9.17) is 5.11 Å². The molecule has 0 aliphatic rings. The third kappa shape index (κ3) is 4.73. The van der Waals surface area contributed by atoms with E-state index in [0.717, 1.165) is 23.1 Å². The van der Waals surface area contributed by atoms with Crippen LogP contribution in [0.15, 0.2) is 18.2 Å². The van der Waals surface area contributed by atoms with Gasteiger partial charge in [-0.05, 0) is 18.1 Å². The van der Waals surface area contributed by atoms with E-state index in [-0.39, 0.29) is 0 Å². The molecule has 0 heterocycles. The Morgan fingerprint density at radius 1 is 1.22 bits per heavy atom. The molecule has 1 atom stereocenters. The lowest BCUT2D eigenvalue weighted by atomic mass is 10.0. The summed E-state index contributed by atoms with van der Waals surface area (Å²) < 4.78 is 27.2. The van der Waals surface area contributed by atoms with Crippen LogP contribution in [0.1, 0.15) is 24.2 Å². The number of rotatable bonds is 6. The zero-order chi connectivity index (χ0) is 17.7. The summed E-state index contributed by atoms with van der Waals surface area (Å²) in [4.78, 5) is 35.9. The molecule has 0 aromatic heterocycles. The van der Waals surface area contributed by atoms with Crippen molar-refractivity contribution in [2.75, 3.05) is 13.6 Å². The number of likely N-dealkylation sites (N-methyl/N-ethyl adjacent to an activating group) is 1. The third-order valence-electron chi connectivity index (χ3n) is 3.16. The highest BCUT2D eigenvalue weighted by molar-refractivity contribution is 5.98. The second kappa shape index (κ2) is 7.66. The number of halogens is 2. The molecule has 8 heteroatoms. The Morgan fingerprint density at radius 3 is 2.17 bits per heavy atom. The molecule has 0 saturated heterocycles. The number of hydrogen-bond donors (Lipinski definition) is 2. The zero-order valence-electron chi connectivity index (χ0n) is 13.0. The zero-order valence-corrected chi connectivity index (χ0v) is 13.0. The van der Waals surface area contributed by atoms with E-state index in [1.807, 2.05) is 0 Å². The first-order valence-corrected chi connectivity index (χ1v) is 6.86. The second-order valence-electron chi connectivity index (χ2n) is 5.38. The molecule has 0 radical (unpaired) electrons. The Balaban J connectivity index is 2.98. The van der Waals surface area contributed by atoms with E-state index in [1.165, 1.54) is 7.05 Å². The summed E-state index contributed by atoms with van der Waals surface area (Å²) in [6, 6.07) is 1.88. The van der Waals surface area contributed by atoms with Crippen molar-refractivity contribution in [1.29, 1.82) is 0 Å². The van der Waals surface area contributed by atoms with Gasteiger partial charge in [-0.15, -0.1) is 0 Å². The molecule has 0 saturated carbocycles. The van der Waals surface area contributed by atoms with Gasteiger partial charge >= 0.3 is 5.97 Å². The summed E-state index contributed by atoms with van der Waals surface area (Å²) >= 11 is 0. The molecule has 1 aromatic rings. The van der Waals surface area contributed by atoms with Gasteiger partial charge in [0, 0.05) is 7.05 Å². The Labute approximate surface area is 132 Å². The van der Waals surface area contributed by atoms with Crippen molar-refractivity contribution < 1.29 is 28.3 Å². The van der Waals surface area contributed by atoms with Gasteiger partial charge in [0.2, 0.25) is 5.91 Å². The summed E-state index contributed by atoms with van der Waals surface area (Å²) in [6.07, 6.45) is 0. The highest BCUT2D eigenvalue weighted by Gasteiger charge is 2.29. The van der Waals surface area contributed by atoms with Crippen LogP contribution in [0.4, 0.5) is 8.78 Å². The first-order chi connectivity index (χ1) is 10.6. The first kappa shape index (κ1) is 18.5. The largest absolute Gasteiger partial charge is 0.480 e. The fourth-order valence-corrected chi connectivity index (χ4v) is 1.96. The number of aliphatic carboxylic acids is 1. The van der Waals surface area contributed by atoms with Crippen molar-refractivity contribution in [2.45, 2.75) is 19.9 Å². The minimum absolute atomic E-state index is 0.405. The van der Waals surface area contributed by atoms with Crippen molar-refractivity contribution in [1.82, 2.24) is 10.2 Å². The topological polar surface area (TPSA) is 86.7 Å². The van der Waals surface area contributed by atoms with Crippen LogP contribution < -0.4 is 5.32 Å². The number of carboxylic acids is 1. The lowest BCUT2D eigenvalue weighted by Gasteiger charge is -2.26. The van der Waals surface area contributed by atoms with Crippen molar-refractivity contribution in [3.63, 3.8) is 0 Å². The number of amides is 2. The van der Waals surface area contributed by atoms with Crippen LogP contribution in [0, 0.1) is 17.6 Å². The van der Waals surface area contributed by atoms with E-state index in [2.05, 4.69) is 5.32 Å². The van der Waals surface area contributed by atoms with Crippen LogP contribution in [0.3, 0.4) is 0 Å². The molecule has 0 fully saturated rings. The summed E-state index contributed by atoms with van der Waals surface area (Å²) in [5.74, 6) is -5.44. The van der Waals surface area contributed by atoms with Crippen LogP contribution in [-0.4, -0.2) is 47.4 Å². The molecule has 2 amide bonds. The van der Waals surface area contributed by atoms with Crippen molar-refractivity contribution in [2.24, 2.45) is 5.92 Å². The standard InChI is InChI=1S/C15H18F2N2O4/c1-8(2)13(15(23)19(3)7-11(20)21)18-14(22)12-9(16)5-4-6-10(12)17/h4-6,8,13H,7H2,1-3H3,(H,18,22)(H,20,21). The maximum Gasteiger partial charge on any atom is 0.323 e. The predicted molar refractivity (Wildman–Crippen MR) is 77.7 cm³/mol. The number of carbonyl (C=O) groups excluding carboxylic acids is 2. The Hall–Kier alpha value is -2.51. The van der Waals surface area contributed by atoms with Crippen LogP contribution in [0.5, 0.6) is 0 Å². The second-order valence-corrected chi connectivity index (χ2v) is 5.38. The number of carbonyl (C=O) groups is 3. The number of nitrogens with zero attached hydrogens (tertiary/aromatic N) is 1. The fraction of sp³-hybridized carbons (Fsp3) is 0.400. The molecule has 0 spiro atoms. The molecule has 0 bridgehead atoms. The van der Waals surface area contributed by atoms with E-state index in [9.17, 15) is 23.2 Å². The molecular formula is C15H18F2N2O4. The van der Waals surface area contributed by atoms with Gasteiger partial charge in [-0.2, -0.15) is 0 Å². The van der Waals surface area contributed by atoms with E-state index < -0.39 is 53.5 Å². The van der Waals surface area contributed by atoms with Crippen LogP contribution >= 0.6 is 0 Å². The number of carboxylic acid groups (broad SMARTS) is 1. The van der Waals surface area contributed by atoms with E-state index >= 15 is 0 Å². The molecule has 1 aromatic carbocycles. The Morgan fingerprint density at radius 2 is 1.74 bits per heavy atom. The molecule has 2 N–H and O–H groups in total. The Bertz CT molecular complexity index is 599. The van der Waals surface area contributed by atoms with Crippen molar-refractivity contribution >= 4 is 17.8 Å². The first-order valence-electron chi connectivity index (χ1n) is 6.86. The van der Waals surface area contributed by atoms with Gasteiger partial charge in [-0.1, -0.05) is 19.9 Å². The van der Waals surface area contributed by atoms with Gasteiger partial charge in [0.1, 0.15) is 29.8 Å². The van der Waals surface area contributed by atoms with E-state index in [0.29, 0.717) is 0 Å². The summed E-state index contributed by atoms with van der Waals surface area (Å²) in [6.45, 7) is 2.69. The lowest BCUT2D eigenvalue weighted by molar-refractivity contribution is -0.144. The van der Waals surface area contributed by atoms with Gasteiger partial charge in [0.05, 0.1) is 0 Å². The quantitative estimate of drug-likeness (QED) is 0.823. The normalized spacial score (nSPS) is 11.9. The van der Waals surface area contributed by atoms with Crippen LogP contribution in [-0.2, 0) is 9.59 Å². The monoisotopic (exact) mass is 328 g/mol. The summed E-state index contributed by atoms with van der Waals surface area (Å²) in [7, 11) is 1.27. The average Bonchev–Trinajstić information content (AvgIpc) is 2.42. The number of benzene rings is 1. The van der Waals surface area contributed by atoms with Crippen molar-refractivity contribution in [3.05, 3.63) is 35.4 Å². The van der Waals surface area contributed by atoms with Gasteiger partial charge in [0.15, 0.2) is 0 Å². The molecule has 126 valence electrons. The minimum Gasteiger partial charge on any atom is -0.480 e. The summed E-state index contributed by atoms with van der Waals surface area (Å²) in [5, 5.41) is 11.0. The van der Waals surface area contributed by atoms with Gasteiger partial charge in [-0.25, -0.2) is 8.78 Å². The highest BCUT2D eigenvalue weighted by Crippen LogP contribution is 2.14. The third-order valence-corrected chi connectivity index (χ3v) is 3.16. The van der Waals surface area contributed by atoms with Gasteiger partial charge < -0.3 is 15.3 Å². The van der Waals surface area contributed by atoms with Crippen LogP contribution in [0.25, 0.3) is 0 Å². The lowest BCUT2D eigenvalue weighted by Crippen LogP contribution is -2.51. The SMILES string of the molecule is CC(C)C(NC(=O)c1c(F)cccc1F)C(=O)N(C)CC(=O)O. The summed E-state index contributed by atoms with van der Waals surface area (Å²) in [5.41, 5.74) is -0.785. The van der Waals surface area contributed by atoms with Crippen LogP contribution in [0.2, 0.25) is 0 Å².